The Morgan fingerprint density at radius 1 is 1.08 bits per heavy atom. The number of nitrogens with one attached hydrogen (secondary N) is 2. The molecule has 0 unspecified atom stereocenters. The maximum absolute atomic E-state index is 5.37. The molecule has 1 atom stereocenters. The fourth-order valence-electron chi connectivity index (χ4n) is 2.12. The Kier molecular flexibility index (Phi) is 3.83. The molecule has 0 spiro atoms. The second-order valence-electron chi connectivity index (χ2n) is 5.02. The molecule has 0 bridgehead atoms. The van der Waals surface area contributed by atoms with Gasteiger partial charge >= 0.3 is 0 Å². The maximum atomic E-state index is 5.37. The Morgan fingerprint density at radius 2 is 1.96 bits per heavy atom. The molecular formula is C15H13N7OS. The third-order valence-corrected chi connectivity index (χ3v) is 4.27. The summed E-state index contributed by atoms with van der Waals surface area (Å²) in [6.07, 6.45) is 1.66. The first-order valence-electron chi connectivity index (χ1n) is 7.27. The van der Waals surface area contributed by atoms with Crippen molar-refractivity contribution in [2.24, 2.45) is 0 Å². The van der Waals surface area contributed by atoms with Crippen LogP contribution < -0.4 is 0 Å². The Balaban J connectivity index is 1.49. The van der Waals surface area contributed by atoms with Gasteiger partial charge in [-0.15, -0.1) is 5.10 Å². The van der Waals surface area contributed by atoms with Crippen molar-refractivity contribution in [3.05, 3.63) is 48.5 Å². The molecule has 0 amide bonds. The van der Waals surface area contributed by atoms with Crippen molar-refractivity contribution < 1.29 is 4.52 Å². The molecule has 0 saturated heterocycles. The summed E-state index contributed by atoms with van der Waals surface area (Å²) in [5, 5.41) is 18.4. The van der Waals surface area contributed by atoms with Crippen molar-refractivity contribution in [3.8, 4) is 22.9 Å². The average Bonchev–Trinajstić information content (AvgIpc) is 3.36. The van der Waals surface area contributed by atoms with Crippen LogP contribution in [0.4, 0.5) is 0 Å². The highest BCUT2D eigenvalue weighted by atomic mass is 32.2. The van der Waals surface area contributed by atoms with Gasteiger partial charge < -0.3 is 4.52 Å². The van der Waals surface area contributed by atoms with Crippen molar-refractivity contribution in [3.63, 3.8) is 0 Å². The molecule has 0 aliphatic heterocycles. The van der Waals surface area contributed by atoms with E-state index in [1.54, 1.807) is 6.20 Å². The number of nitrogens with zero attached hydrogens (tertiary/aromatic N) is 5. The van der Waals surface area contributed by atoms with E-state index in [9.17, 15) is 0 Å². The van der Waals surface area contributed by atoms with Crippen LogP contribution in [0.2, 0.25) is 0 Å². The van der Waals surface area contributed by atoms with Gasteiger partial charge in [-0.3, -0.25) is 10.2 Å². The van der Waals surface area contributed by atoms with E-state index in [0.717, 1.165) is 11.3 Å². The topological polar surface area (TPSA) is 109 Å². The Hall–Kier alpha value is -2.94. The second-order valence-corrected chi connectivity index (χ2v) is 6.33. The molecule has 120 valence electrons. The van der Waals surface area contributed by atoms with Crippen LogP contribution >= 0.6 is 11.8 Å². The first kappa shape index (κ1) is 14.6. The number of aromatic nitrogens is 7. The SMILES string of the molecule is C[C@@H](Sc1n[nH]c(-c2ccn[nH]2)n1)c1nc(-c2ccccc2)no1. The van der Waals surface area contributed by atoms with Crippen LogP contribution in [0, 0.1) is 0 Å². The van der Waals surface area contributed by atoms with E-state index in [-0.39, 0.29) is 5.25 Å². The zero-order chi connectivity index (χ0) is 16.4. The van der Waals surface area contributed by atoms with Crippen molar-refractivity contribution in [1.82, 2.24) is 35.5 Å². The van der Waals surface area contributed by atoms with Crippen LogP contribution in [0.5, 0.6) is 0 Å². The molecule has 3 aromatic heterocycles. The van der Waals surface area contributed by atoms with E-state index in [2.05, 4.69) is 35.5 Å². The van der Waals surface area contributed by atoms with Crippen LogP contribution in [-0.4, -0.2) is 35.5 Å². The van der Waals surface area contributed by atoms with E-state index < -0.39 is 0 Å². The summed E-state index contributed by atoms with van der Waals surface area (Å²) >= 11 is 1.44. The molecule has 0 saturated carbocycles. The van der Waals surface area contributed by atoms with Crippen molar-refractivity contribution in [2.75, 3.05) is 0 Å². The smallest absolute Gasteiger partial charge is 0.240 e. The molecule has 8 nitrogen and oxygen atoms in total. The molecule has 0 radical (unpaired) electrons. The van der Waals surface area contributed by atoms with Gasteiger partial charge in [0.1, 0.15) is 5.69 Å². The van der Waals surface area contributed by atoms with Gasteiger partial charge in [-0.05, 0) is 13.0 Å². The zero-order valence-electron chi connectivity index (χ0n) is 12.7. The Morgan fingerprint density at radius 3 is 2.75 bits per heavy atom. The standard InChI is InChI=1S/C15H13N7OS/c1-9(14-17-12(22-23-14)10-5-3-2-4-6-10)24-15-18-13(20-21-15)11-7-8-16-19-11/h2-9H,1H3,(H,16,19)(H,18,20,21)/t9-/m1/s1. The van der Waals surface area contributed by atoms with Crippen molar-refractivity contribution >= 4 is 11.8 Å². The minimum absolute atomic E-state index is 0.0691. The summed E-state index contributed by atoms with van der Waals surface area (Å²) in [7, 11) is 0. The minimum atomic E-state index is -0.0691. The third-order valence-electron chi connectivity index (χ3n) is 3.32. The lowest BCUT2D eigenvalue weighted by atomic mass is 10.2. The number of hydrogen-bond acceptors (Lipinski definition) is 7. The predicted molar refractivity (Wildman–Crippen MR) is 88.0 cm³/mol. The fraction of sp³-hybridized carbons (Fsp3) is 0.133. The lowest BCUT2D eigenvalue weighted by molar-refractivity contribution is 0.380. The number of rotatable bonds is 5. The molecular weight excluding hydrogens is 326 g/mol. The van der Waals surface area contributed by atoms with Crippen LogP contribution in [0.1, 0.15) is 18.1 Å². The van der Waals surface area contributed by atoms with Crippen molar-refractivity contribution in [2.45, 2.75) is 17.3 Å². The summed E-state index contributed by atoms with van der Waals surface area (Å²) in [6, 6.07) is 11.5. The number of aromatic amines is 2. The summed E-state index contributed by atoms with van der Waals surface area (Å²) in [6.45, 7) is 1.97. The largest absolute Gasteiger partial charge is 0.338 e. The first-order valence-corrected chi connectivity index (χ1v) is 8.15. The summed E-state index contributed by atoms with van der Waals surface area (Å²) < 4.78 is 5.37. The molecule has 1 aromatic carbocycles. The van der Waals surface area contributed by atoms with Gasteiger partial charge in [0, 0.05) is 11.8 Å². The van der Waals surface area contributed by atoms with Gasteiger partial charge in [-0.1, -0.05) is 47.3 Å². The summed E-state index contributed by atoms with van der Waals surface area (Å²) in [5.74, 6) is 1.75. The lowest BCUT2D eigenvalue weighted by Gasteiger charge is -2.01. The summed E-state index contributed by atoms with van der Waals surface area (Å²) in [5.41, 5.74) is 1.70. The number of thioether (sulfide) groups is 1. The minimum Gasteiger partial charge on any atom is -0.338 e. The van der Waals surface area contributed by atoms with E-state index in [4.69, 9.17) is 4.52 Å². The van der Waals surface area contributed by atoms with E-state index in [0.29, 0.717) is 22.7 Å². The fourth-order valence-corrected chi connectivity index (χ4v) is 2.88. The molecule has 3 heterocycles. The van der Waals surface area contributed by atoms with Gasteiger partial charge in [-0.2, -0.15) is 15.1 Å². The monoisotopic (exact) mass is 339 g/mol. The van der Waals surface area contributed by atoms with Crippen LogP contribution in [0.3, 0.4) is 0 Å². The molecule has 24 heavy (non-hydrogen) atoms. The van der Waals surface area contributed by atoms with Gasteiger partial charge in [0.05, 0.1) is 5.25 Å². The van der Waals surface area contributed by atoms with E-state index in [1.165, 1.54) is 11.8 Å². The molecule has 2 N–H and O–H groups in total. The zero-order valence-corrected chi connectivity index (χ0v) is 13.5. The lowest BCUT2D eigenvalue weighted by Crippen LogP contribution is -1.90. The number of hydrogen-bond donors (Lipinski definition) is 2. The molecule has 0 aliphatic rings. The number of H-pyrrole nitrogens is 2. The molecule has 4 aromatic rings. The van der Waals surface area contributed by atoms with Gasteiger partial charge in [0.2, 0.25) is 16.9 Å². The maximum Gasteiger partial charge on any atom is 0.240 e. The number of benzene rings is 1. The summed E-state index contributed by atoms with van der Waals surface area (Å²) in [4.78, 5) is 8.87. The third kappa shape index (κ3) is 2.93. The first-order chi connectivity index (χ1) is 11.8. The predicted octanol–water partition coefficient (Wildman–Crippen LogP) is 3.10. The van der Waals surface area contributed by atoms with Crippen LogP contribution in [0.15, 0.2) is 52.3 Å². The van der Waals surface area contributed by atoms with Crippen LogP contribution in [-0.2, 0) is 0 Å². The molecule has 0 aliphatic carbocycles. The quantitative estimate of drug-likeness (QED) is 0.538. The van der Waals surface area contributed by atoms with E-state index in [1.807, 2.05) is 43.3 Å². The van der Waals surface area contributed by atoms with Gasteiger partial charge in [-0.25, -0.2) is 0 Å². The highest BCUT2D eigenvalue weighted by Crippen LogP contribution is 2.33. The van der Waals surface area contributed by atoms with Gasteiger partial charge in [0.25, 0.3) is 0 Å². The molecule has 9 heteroatoms. The highest BCUT2D eigenvalue weighted by molar-refractivity contribution is 7.99. The van der Waals surface area contributed by atoms with Crippen molar-refractivity contribution in [1.29, 1.82) is 0 Å². The van der Waals surface area contributed by atoms with E-state index >= 15 is 0 Å². The average molecular weight is 339 g/mol. The second kappa shape index (κ2) is 6.28. The Bertz CT molecular complexity index is 916. The molecule has 4 rings (SSSR count). The normalized spacial score (nSPS) is 12.4. The molecule has 0 fully saturated rings. The van der Waals surface area contributed by atoms with Crippen LogP contribution in [0.25, 0.3) is 22.9 Å². The highest BCUT2D eigenvalue weighted by Gasteiger charge is 2.19. The van der Waals surface area contributed by atoms with Gasteiger partial charge in [0.15, 0.2) is 5.82 Å². The Labute approximate surface area is 141 Å².